The highest BCUT2D eigenvalue weighted by Crippen LogP contribution is 2.40. The molecule has 0 fully saturated rings. The highest BCUT2D eigenvalue weighted by molar-refractivity contribution is 5.81. The number of anilines is 9. The molecule has 350 valence electrons. The molecule has 0 aromatic heterocycles. The summed E-state index contributed by atoms with van der Waals surface area (Å²) in [7, 11) is 0. The van der Waals surface area contributed by atoms with Crippen LogP contribution in [0.4, 0.5) is 51.2 Å². The minimum atomic E-state index is 0. The molecule has 8 rings (SSSR count). The fourth-order valence-electron chi connectivity index (χ4n) is 8.44. The van der Waals surface area contributed by atoms with Gasteiger partial charge in [0.2, 0.25) is 0 Å². The Labute approximate surface area is 410 Å². The molecular weight excluding hydrogens is 823 g/mol. The van der Waals surface area contributed by atoms with Gasteiger partial charge in [0.05, 0.1) is 0 Å². The molecule has 0 amide bonds. The van der Waals surface area contributed by atoms with Crippen LogP contribution in [0.5, 0.6) is 0 Å². The van der Waals surface area contributed by atoms with Crippen molar-refractivity contribution in [2.75, 3.05) is 14.7 Å². The van der Waals surface area contributed by atoms with Crippen LogP contribution < -0.4 is 14.7 Å². The number of benzene rings is 8. The van der Waals surface area contributed by atoms with Gasteiger partial charge in [-0.3, -0.25) is 0 Å². The summed E-state index contributed by atoms with van der Waals surface area (Å²) in [4.78, 5) is 7.02. The van der Waals surface area contributed by atoms with Crippen LogP contribution in [0, 0.1) is 27.7 Å². The van der Waals surface area contributed by atoms with Gasteiger partial charge in [0, 0.05) is 51.2 Å². The van der Waals surface area contributed by atoms with Crippen molar-refractivity contribution in [3.05, 3.63) is 233 Å². The highest BCUT2D eigenvalue weighted by atomic mass is 15.2. The van der Waals surface area contributed by atoms with Crippen molar-refractivity contribution in [3.63, 3.8) is 0 Å². The number of hydrogen-bond donors (Lipinski definition) is 0. The molecule has 0 bridgehead atoms. The summed E-state index contributed by atoms with van der Waals surface area (Å²) in [6, 6.07) is 71.2. The first-order valence-corrected chi connectivity index (χ1v) is 24.7. The Morgan fingerprint density at radius 1 is 0.309 bits per heavy atom. The van der Waals surface area contributed by atoms with Crippen LogP contribution in [-0.4, -0.2) is 0 Å². The van der Waals surface area contributed by atoms with Crippen molar-refractivity contribution in [2.45, 2.75) is 114 Å². The number of unbranched alkanes of at least 4 members (excludes halogenated alkanes) is 2. The Morgan fingerprint density at radius 2 is 0.515 bits per heavy atom. The molecule has 1 atom stereocenters. The van der Waals surface area contributed by atoms with Crippen LogP contribution >= 0.6 is 0 Å². The van der Waals surface area contributed by atoms with Gasteiger partial charge in [0.15, 0.2) is 0 Å². The van der Waals surface area contributed by atoms with Gasteiger partial charge in [-0.25, -0.2) is 0 Å². The second kappa shape index (κ2) is 24.8. The number of hydrogen-bond acceptors (Lipinski definition) is 3. The Morgan fingerprint density at radius 3 is 0.735 bits per heavy atom. The molecule has 0 saturated heterocycles. The van der Waals surface area contributed by atoms with Gasteiger partial charge in [-0.2, -0.15) is 0 Å². The predicted molar refractivity (Wildman–Crippen MR) is 299 cm³/mol. The minimum absolute atomic E-state index is 0. The molecule has 0 aliphatic rings. The monoisotopic (exact) mass is 898 g/mol. The van der Waals surface area contributed by atoms with E-state index in [1.54, 1.807) is 0 Å². The molecule has 0 spiro atoms. The fourth-order valence-corrected chi connectivity index (χ4v) is 8.44. The van der Waals surface area contributed by atoms with Gasteiger partial charge in [0.25, 0.3) is 0 Å². The first kappa shape index (κ1) is 50.6. The van der Waals surface area contributed by atoms with Gasteiger partial charge in [-0.1, -0.05) is 155 Å². The Hall–Kier alpha value is -6.84. The van der Waals surface area contributed by atoms with Gasteiger partial charge >= 0.3 is 0 Å². The van der Waals surface area contributed by atoms with E-state index in [0.29, 0.717) is 5.92 Å². The topological polar surface area (TPSA) is 9.72 Å². The zero-order valence-electron chi connectivity index (χ0n) is 41.3. The zero-order chi connectivity index (χ0) is 47.1. The zero-order valence-corrected chi connectivity index (χ0v) is 41.3. The van der Waals surface area contributed by atoms with E-state index >= 15 is 0 Å². The third-order valence-electron chi connectivity index (χ3n) is 12.9. The first-order chi connectivity index (χ1) is 32.6. The van der Waals surface area contributed by atoms with Crippen molar-refractivity contribution < 1.29 is 0 Å². The van der Waals surface area contributed by atoms with E-state index < -0.39 is 0 Å². The maximum absolute atomic E-state index is 2.35. The predicted octanol–water partition coefficient (Wildman–Crippen LogP) is 19.9. The molecule has 0 saturated carbocycles. The Bertz CT molecular complexity index is 2520. The summed E-state index contributed by atoms with van der Waals surface area (Å²) < 4.78 is 0. The molecule has 0 heterocycles. The largest absolute Gasteiger partial charge is 0.311 e. The van der Waals surface area contributed by atoms with Gasteiger partial charge < -0.3 is 14.7 Å². The second-order valence-corrected chi connectivity index (χ2v) is 18.3. The average molecular weight is 898 g/mol. The maximum Gasteiger partial charge on any atom is 0.0463 e. The molecule has 68 heavy (non-hydrogen) atoms. The lowest BCUT2D eigenvalue weighted by molar-refractivity contribution is 0.733. The third-order valence-corrected chi connectivity index (χ3v) is 12.9. The molecule has 3 heteroatoms. The molecule has 8 aromatic carbocycles. The fraction of sp³-hybridized carbons (Fsp3) is 0.262. The Kier molecular flexibility index (Phi) is 18.4. The van der Waals surface area contributed by atoms with Crippen molar-refractivity contribution in [2.24, 2.45) is 0 Å². The standard InChI is InChI=1S/C40H44N2.C24H27N.CH4/c1-5-7-9-33-15-23-37(24-16-33)41(35-19-11-31(3)12-20-35)39-27-29-40(30-28-39)42(36-21-13-32(4)14-22-36)38-25-17-34(18-26-38)10-8-6-2;1-5-20(4)21-10-16-24(17-11-21)25(22-12-6-18(2)7-13-22)23-14-8-19(3)9-15-23;/h11-30H,5-10H2,1-4H3;6-17,20H,5H2,1-4H3;1H4. The van der Waals surface area contributed by atoms with E-state index in [-0.39, 0.29) is 7.43 Å². The molecule has 8 aromatic rings. The van der Waals surface area contributed by atoms with Crippen LogP contribution in [0.25, 0.3) is 0 Å². The summed E-state index contributed by atoms with van der Waals surface area (Å²) in [6.45, 7) is 17.6. The summed E-state index contributed by atoms with van der Waals surface area (Å²) in [5.41, 5.74) is 19.8. The lowest BCUT2D eigenvalue weighted by Crippen LogP contribution is -2.12. The summed E-state index contributed by atoms with van der Waals surface area (Å²) >= 11 is 0. The second-order valence-electron chi connectivity index (χ2n) is 18.3. The van der Waals surface area contributed by atoms with Crippen LogP contribution in [0.2, 0.25) is 0 Å². The number of aryl methyl sites for hydroxylation is 6. The van der Waals surface area contributed by atoms with Crippen LogP contribution in [0.1, 0.15) is 112 Å². The lowest BCUT2D eigenvalue weighted by Gasteiger charge is -2.28. The van der Waals surface area contributed by atoms with Crippen molar-refractivity contribution in [3.8, 4) is 0 Å². The molecule has 3 nitrogen and oxygen atoms in total. The lowest BCUT2D eigenvalue weighted by atomic mass is 9.98. The third kappa shape index (κ3) is 13.2. The van der Waals surface area contributed by atoms with Crippen LogP contribution in [0.3, 0.4) is 0 Å². The average Bonchev–Trinajstić information content (AvgIpc) is 3.36. The quantitative estimate of drug-likeness (QED) is 0.0902. The van der Waals surface area contributed by atoms with E-state index in [1.165, 1.54) is 99.5 Å². The molecular formula is C65H75N3. The minimum Gasteiger partial charge on any atom is -0.311 e. The van der Waals surface area contributed by atoms with E-state index in [9.17, 15) is 0 Å². The number of nitrogens with zero attached hydrogens (tertiary/aromatic N) is 3. The SMILES string of the molecule is C.CCC(C)c1ccc(N(c2ccc(C)cc2)c2ccc(C)cc2)cc1.CCCCc1ccc(N(c2ccc(C)cc2)c2ccc(N(c3ccc(C)cc3)c3ccc(CCCC)cc3)cc2)cc1. The molecule has 0 N–H and O–H groups in total. The molecule has 1 unspecified atom stereocenters. The van der Waals surface area contributed by atoms with Gasteiger partial charge in [-0.05, 0) is 192 Å². The van der Waals surface area contributed by atoms with E-state index in [2.05, 4.69) is 264 Å². The van der Waals surface area contributed by atoms with Crippen molar-refractivity contribution in [1.29, 1.82) is 0 Å². The molecule has 0 aliphatic carbocycles. The van der Waals surface area contributed by atoms with E-state index in [0.717, 1.165) is 35.6 Å². The van der Waals surface area contributed by atoms with Gasteiger partial charge in [0.1, 0.15) is 0 Å². The summed E-state index contributed by atoms with van der Waals surface area (Å²) in [6.07, 6.45) is 8.30. The summed E-state index contributed by atoms with van der Waals surface area (Å²) in [5, 5.41) is 0. The maximum atomic E-state index is 2.35. The summed E-state index contributed by atoms with van der Waals surface area (Å²) in [5.74, 6) is 0.598. The first-order valence-electron chi connectivity index (χ1n) is 24.7. The highest BCUT2D eigenvalue weighted by Gasteiger charge is 2.17. The normalized spacial score (nSPS) is 11.2. The van der Waals surface area contributed by atoms with Crippen molar-refractivity contribution in [1.82, 2.24) is 0 Å². The number of rotatable bonds is 17. The van der Waals surface area contributed by atoms with Crippen molar-refractivity contribution >= 4 is 51.2 Å². The van der Waals surface area contributed by atoms with E-state index in [4.69, 9.17) is 0 Å². The van der Waals surface area contributed by atoms with Crippen LogP contribution in [-0.2, 0) is 12.8 Å². The molecule has 0 radical (unpaired) electrons. The van der Waals surface area contributed by atoms with E-state index in [1.807, 2.05) is 0 Å². The van der Waals surface area contributed by atoms with Gasteiger partial charge in [-0.15, -0.1) is 0 Å². The smallest absolute Gasteiger partial charge is 0.0463 e. The molecule has 0 aliphatic heterocycles. The Balaban J connectivity index is 0.000000250. The van der Waals surface area contributed by atoms with Crippen LogP contribution in [0.15, 0.2) is 194 Å².